The summed E-state index contributed by atoms with van der Waals surface area (Å²) in [5.41, 5.74) is 0.484. The molecule has 1 aromatic carbocycles. The van der Waals surface area contributed by atoms with Gasteiger partial charge in [0.25, 0.3) is 5.91 Å². The minimum absolute atomic E-state index is 0. The molecule has 1 aliphatic rings. The van der Waals surface area contributed by atoms with Gasteiger partial charge in [-0.3, -0.25) is 4.79 Å². The van der Waals surface area contributed by atoms with Gasteiger partial charge >= 0.3 is 0 Å². The third kappa shape index (κ3) is 4.38. The van der Waals surface area contributed by atoms with Crippen LogP contribution in [-0.4, -0.2) is 45.9 Å². The average molecular weight is 337 g/mol. The number of amides is 1. The van der Waals surface area contributed by atoms with Gasteiger partial charge in [0, 0.05) is 19.2 Å². The van der Waals surface area contributed by atoms with Crippen molar-refractivity contribution in [2.45, 2.75) is 6.10 Å². The Morgan fingerprint density at radius 2 is 2.10 bits per heavy atom. The molecule has 2 N–H and O–H groups in total. The molecule has 0 saturated carbocycles. The molecule has 0 radical (unpaired) electrons. The molecule has 118 valence electrons. The van der Waals surface area contributed by atoms with E-state index in [2.05, 4.69) is 10.6 Å². The largest absolute Gasteiger partial charge is 0.495 e. The molecule has 0 aromatic heterocycles. The van der Waals surface area contributed by atoms with E-state index < -0.39 is 6.10 Å². The molecule has 21 heavy (non-hydrogen) atoms. The molecule has 1 aromatic rings. The number of benzene rings is 1. The van der Waals surface area contributed by atoms with E-state index in [4.69, 9.17) is 25.8 Å². The van der Waals surface area contributed by atoms with Crippen LogP contribution < -0.4 is 20.1 Å². The van der Waals surface area contributed by atoms with E-state index in [9.17, 15) is 4.79 Å². The van der Waals surface area contributed by atoms with Crippen LogP contribution in [0.15, 0.2) is 12.1 Å². The highest BCUT2D eigenvalue weighted by molar-refractivity contribution is 6.32. The van der Waals surface area contributed by atoms with Gasteiger partial charge in [-0.2, -0.15) is 0 Å². The van der Waals surface area contributed by atoms with Gasteiger partial charge in [0.2, 0.25) is 0 Å². The second kappa shape index (κ2) is 8.29. The third-order valence-electron chi connectivity index (χ3n) is 2.95. The molecule has 6 nitrogen and oxygen atoms in total. The van der Waals surface area contributed by atoms with Gasteiger partial charge in [-0.25, -0.2) is 0 Å². The van der Waals surface area contributed by atoms with E-state index in [-0.39, 0.29) is 18.3 Å². The SMILES string of the molecule is COc1cc(OC)c(NC(=O)C2CNCCO2)cc1Cl.Cl. The van der Waals surface area contributed by atoms with Crippen LogP contribution in [0, 0.1) is 0 Å². The minimum atomic E-state index is -0.519. The zero-order valence-corrected chi connectivity index (χ0v) is 13.3. The second-order valence-electron chi connectivity index (χ2n) is 4.24. The number of anilines is 1. The first-order valence-corrected chi connectivity index (χ1v) is 6.58. The highest BCUT2D eigenvalue weighted by atomic mass is 35.5. The first kappa shape index (κ1) is 17.8. The van der Waals surface area contributed by atoms with E-state index in [0.717, 1.165) is 6.54 Å². The normalized spacial score (nSPS) is 17.6. The van der Waals surface area contributed by atoms with Crippen molar-refractivity contribution in [1.29, 1.82) is 0 Å². The van der Waals surface area contributed by atoms with Gasteiger partial charge in [0.1, 0.15) is 17.6 Å². The maximum Gasteiger partial charge on any atom is 0.254 e. The molecular weight excluding hydrogens is 319 g/mol. The summed E-state index contributed by atoms with van der Waals surface area (Å²) in [6.07, 6.45) is -0.519. The lowest BCUT2D eigenvalue weighted by Gasteiger charge is -2.23. The summed E-state index contributed by atoms with van der Waals surface area (Å²) in [4.78, 5) is 12.1. The average Bonchev–Trinajstić information content (AvgIpc) is 2.48. The van der Waals surface area contributed by atoms with Gasteiger partial charge in [-0.15, -0.1) is 12.4 Å². The Morgan fingerprint density at radius 3 is 2.67 bits per heavy atom. The molecule has 2 rings (SSSR count). The van der Waals surface area contributed by atoms with E-state index in [1.165, 1.54) is 14.2 Å². The first-order valence-electron chi connectivity index (χ1n) is 6.20. The van der Waals surface area contributed by atoms with Crippen molar-refractivity contribution in [3.8, 4) is 11.5 Å². The predicted molar refractivity (Wildman–Crippen MR) is 83.0 cm³/mol. The van der Waals surface area contributed by atoms with Crippen LogP contribution in [0.5, 0.6) is 11.5 Å². The first-order chi connectivity index (χ1) is 9.65. The molecular formula is C13H18Cl2N2O4. The van der Waals surface area contributed by atoms with Crippen molar-refractivity contribution in [3.05, 3.63) is 17.2 Å². The Morgan fingerprint density at radius 1 is 1.38 bits per heavy atom. The number of hydrogen-bond donors (Lipinski definition) is 2. The van der Waals surface area contributed by atoms with Crippen LogP contribution in [0.3, 0.4) is 0 Å². The molecule has 0 spiro atoms. The number of carbonyl (C=O) groups excluding carboxylic acids is 1. The van der Waals surface area contributed by atoms with Crippen LogP contribution in [0.25, 0.3) is 0 Å². The van der Waals surface area contributed by atoms with Crippen molar-refractivity contribution in [2.24, 2.45) is 0 Å². The van der Waals surface area contributed by atoms with Crippen LogP contribution in [-0.2, 0) is 9.53 Å². The summed E-state index contributed by atoms with van der Waals surface area (Å²) < 4.78 is 15.7. The molecule has 1 saturated heterocycles. The minimum Gasteiger partial charge on any atom is -0.495 e. The number of rotatable bonds is 4. The Kier molecular flexibility index (Phi) is 7.04. The topological polar surface area (TPSA) is 68.8 Å². The fraction of sp³-hybridized carbons (Fsp3) is 0.462. The Balaban J connectivity index is 0.00000220. The lowest BCUT2D eigenvalue weighted by molar-refractivity contribution is -0.128. The smallest absolute Gasteiger partial charge is 0.254 e. The van der Waals surface area contributed by atoms with Crippen molar-refractivity contribution in [3.63, 3.8) is 0 Å². The van der Waals surface area contributed by atoms with E-state index in [1.54, 1.807) is 12.1 Å². The van der Waals surface area contributed by atoms with Crippen molar-refractivity contribution in [1.82, 2.24) is 5.32 Å². The molecule has 1 unspecified atom stereocenters. The maximum atomic E-state index is 12.1. The van der Waals surface area contributed by atoms with Crippen LogP contribution in [0.4, 0.5) is 5.69 Å². The maximum absolute atomic E-state index is 12.1. The van der Waals surface area contributed by atoms with E-state index in [1.807, 2.05) is 0 Å². The Bertz CT molecular complexity index is 493. The zero-order chi connectivity index (χ0) is 14.5. The molecule has 1 heterocycles. The van der Waals surface area contributed by atoms with Crippen molar-refractivity contribution in [2.75, 3.05) is 39.2 Å². The highest BCUT2D eigenvalue weighted by Gasteiger charge is 2.23. The summed E-state index contributed by atoms with van der Waals surface area (Å²) in [6.45, 7) is 1.75. The van der Waals surface area contributed by atoms with Crippen LogP contribution in [0.2, 0.25) is 5.02 Å². The van der Waals surface area contributed by atoms with Crippen molar-refractivity contribution < 1.29 is 19.0 Å². The summed E-state index contributed by atoms with van der Waals surface area (Å²) in [7, 11) is 3.03. The monoisotopic (exact) mass is 336 g/mol. The van der Waals surface area contributed by atoms with E-state index >= 15 is 0 Å². The molecule has 8 heteroatoms. The summed E-state index contributed by atoms with van der Waals surface area (Å²) in [5.74, 6) is 0.720. The highest BCUT2D eigenvalue weighted by Crippen LogP contribution is 2.35. The van der Waals surface area contributed by atoms with Gasteiger partial charge < -0.3 is 24.8 Å². The van der Waals surface area contributed by atoms with Crippen molar-refractivity contribution >= 4 is 35.6 Å². The number of nitrogens with one attached hydrogen (secondary N) is 2. The zero-order valence-electron chi connectivity index (χ0n) is 11.8. The number of hydrogen-bond acceptors (Lipinski definition) is 5. The fourth-order valence-corrected chi connectivity index (χ4v) is 2.15. The Hall–Kier alpha value is -1.21. The number of methoxy groups -OCH3 is 2. The van der Waals surface area contributed by atoms with Gasteiger partial charge in [0.15, 0.2) is 0 Å². The standard InChI is InChI=1S/C13H17ClN2O4.ClH/c1-18-10-6-11(19-2)9(5-8(10)14)16-13(17)12-7-15-3-4-20-12;/h5-6,12,15H,3-4,7H2,1-2H3,(H,16,17);1H. The lowest BCUT2D eigenvalue weighted by Crippen LogP contribution is -2.45. The molecule has 1 atom stereocenters. The van der Waals surface area contributed by atoms with Gasteiger partial charge in [-0.05, 0) is 6.07 Å². The number of morpholine rings is 1. The Labute approximate surface area is 134 Å². The molecule has 1 fully saturated rings. The number of carbonyl (C=O) groups is 1. The van der Waals surface area contributed by atoms with Crippen LogP contribution in [0.1, 0.15) is 0 Å². The summed E-state index contributed by atoms with van der Waals surface area (Å²) >= 11 is 6.05. The summed E-state index contributed by atoms with van der Waals surface area (Å²) in [5, 5.41) is 6.25. The van der Waals surface area contributed by atoms with Gasteiger partial charge in [0.05, 0.1) is 31.5 Å². The number of ether oxygens (including phenoxy) is 3. The lowest BCUT2D eigenvalue weighted by atomic mass is 10.2. The molecule has 1 aliphatic heterocycles. The molecule has 0 aliphatic carbocycles. The predicted octanol–water partition coefficient (Wildman–Crippen LogP) is 1.71. The van der Waals surface area contributed by atoms with Gasteiger partial charge in [-0.1, -0.05) is 11.6 Å². The van der Waals surface area contributed by atoms with Crippen LogP contribution >= 0.6 is 24.0 Å². The third-order valence-corrected chi connectivity index (χ3v) is 3.25. The number of halogens is 2. The molecule has 1 amide bonds. The quantitative estimate of drug-likeness (QED) is 0.875. The fourth-order valence-electron chi connectivity index (χ4n) is 1.90. The second-order valence-corrected chi connectivity index (χ2v) is 4.65. The van der Waals surface area contributed by atoms with E-state index in [0.29, 0.717) is 35.4 Å². The molecule has 0 bridgehead atoms. The summed E-state index contributed by atoms with van der Waals surface area (Å²) in [6, 6.07) is 3.21.